The molecule has 1 aliphatic heterocycles. The van der Waals surface area contributed by atoms with Gasteiger partial charge in [0.2, 0.25) is 0 Å². The number of hydrogen-bond donors (Lipinski definition) is 0. The van der Waals surface area contributed by atoms with Crippen molar-refractivity contribution in [3.05, 3.63) is 42.1 Å². The van der Waals surface area contributed by atoms with E-state index < -0.39 is 0 Å². The second-order valence-corrected chi connectivity index (χ2v) is 3.65. The smallest absolute Gasteiger partial charge is 0.0850 e. The maximum atomic E-state index is 5.23. The Labute approximate surface area is 82.5 Å². The molecule has 1 atom stereocenters. The van der Waals surface area contributed by atoms with Gasteiger partial charge in [0.05, 0.1) is 18.2 Å². The number of fused-ring (bicyclic) bond motifs is 1. The molecule has 1 aromatic carbocycles. The maximum Gasteiger partial charge on any atom is 0.0850 e. The summed E-state index contributed by atoms with van der Waals surface area (Å²) < 4.78 is 5.23. The molecule has 2 nitrogen and oxygen atoms in total. The van der Waals surface area contributed by atoms with Crippen molar-refractivity contribution in [3.8, 4) is 0 Å². The van der Waals surface area contributed by atoms with E-state index in [-0.39, 0.29) is 0 Å². The average molecular weight is 185 g/mol. The molecule has 1 aliphatic rings. The van der Waals surface area contributed by atoms with Crippen LogP contribution < -0.4 is 0 Å². The number of para-hydroxylation sites is 1. The third kappa shape index (κ3) is 1.38. The molecule has 0 bridgehead atoms. The average Bonchev–Trinajstić information content (AvgIpc) is 3.03. The lowest BCUT2D eigenvalue weighted by Gasteiger charge is -2.02. The van der Waals surface area contributed by atoms with E-state index in [1.54, 1.807) is 0 Å². The summed E-state index contributed by atoms with van der Waals surface area (Å²) in [5.41, 5.74) is 2.41. The first-order chi connectivity index (χ1) is 6.93. The summed E-state index contributed by atoms with van der Waals surface area (Å²) in [7, 11) is 0. The first-order valence-electron chi connectivity index (χ1n) is 4.88. The Hall–Kier alpha value is -1.41. The second kappa shape index (κ2) is 3.07. The van der Waals surface area contributed by atoms with Crippen molar-refractivity contribution in [2.45, 2.75) is 12.5 Å². The van der Waals surface area contributed by atoms with Crippen molar-refractivity contribution in [3.63, 3.8) is 0 Å². The highest BCUT2D eigenvalue weighted by molar-refractivity contribution is 5.81. The topological polar surface area (TPSA) is 25.4 Å². The van der Waals surface area contributed by atoms with Crippen molar-refractivity contribution in [1.29, 1.82) is 0 Å². The molecule has 0 amide bonds. The predicted octanol–water partition coefficient (Wildman–Crippen LogP) is 2.18. The quantitative estimate of drug-likeness (QED) is 0.670. The van der Waals surface area contributed by atoms with Crippen LogP contribution in [0, 0.1) is 0 Å². The summed E-state index contributed by atoms with van der Waals surface area (Å²) in [5.74, 6) is 0. The molecular weight excluding hydrogens is 174 g/mol. The molecule has 0 radical (unpaired) electrons. The number of ether oxygens (including phenoxy) is 1. The number of rotatable bonds is 2. The first kappa shape index (κ1) is 7.94. The number of hydrogen-bond acceptors (Lipinski definition) is 2. The minimum Gasteiger partial charge on any atom is -0.373 e. The van der Waals surface area contributed by atoms with Gasteiger partial charge >= 0.3 is 0 Å². The standard InChI is InChI=1S/C12H11NO/c1-3-9-5-2-6-13-12(9)10(4-1)7-11-8-14-11/h1-6,11H,7-8H2. The zero-order chi connectivity index (χ0) is 9.38. The van der Waals surface area contributed by atoms with Crippen molar-refractivity contribution in [2.24, 2.45) is 0 Å². The summed E-state index contributed by atoms with van der Waals surface area (Å²) in [4.78, 5) is 4.41. The van der Waals surface area contributed by atoms with Crippen LogP contribution in [-0.4, -0.2) is 17.7 Å². The van der Waals surface area contributed by atoms with Crippen LogP contribution in [0.25, 0.3) is 10.9 Å². The molecule has 3 rings (SSSR count). The highest BCUT2D eigenvalue weighted by Crippen LogP contribution is 2.21. The largest absolute Gasteiger partial charge is 0.373 e. The number of aromatic nitrogens is 1. The summed E-state index contributed by atoms with van der Waals surface area (Å²) in [6, 6.07) is 10.4. The molecule has 0 saturated carbocycles. The fourth-order valence-electron chi connectivity index (χ4n) is 1.76. The highest BCUT2D eigenvalue weighted by Gasteiger charge is 2.23. The summed E-state index contributed by atoms with van der Waals surface area (Å²) in [6.07, 6.45) is 3.27. The van der Waals surface area contributed by atoms with Gasteiger partial charge in [-0.2, -0.15) is 0 Å². The van der Waals surface area contributed by atoms with E-state index in [0.717, 1.165) is 18.5 Å². The SMILES string of the molecule is c1cnc2c(CC3CO3)cccc2c1. The van der Waals surface area contributed by atoms with E-state index in [4.69, 9.17) is 4.74 Å². The van der Waals surface area contributed by atoms with Crippen molar-refractivity contribution in [1.82, 2.24) is 4.98 Å². The number of benzene rings is 1. The Morgan fingerprint density at radius 3 is 3.00 bits per heavy atom. The number of epoxide rings is 1. The van der Waals surface area contributed by atoms with Gasteiger partial charge < -0.3 is 4.74 Å². The summed E-state index contributed by atoms with van der Waals surface area (Å²) in [5, 5.41) is 1.21. The number of pyridine rings is 1. The minimum atomic E-state index is 0.433. The van der Waals surface area contributed by atoms with Crippen LogP contribution in [0.3, 0.4) is 0 Å². The normalized spacial score (nSPS) is 19.9. The molecule has 0 N–H and O–H groups in total. The van der Waals surface area contributed by atoms with Gasteiger partial charge in [-0.3, -0.25) is 4.98 Å². The molecule has 1 aromatic heterocycles. The Bertz CT molecular complexity index is 457. The van der Waals surface area contributed by atoms with Crippen molar-refractivity contribution in [2.75, 3.05) is 6.61 Å². The van der Waals surface area contributed by atoms with E-state index in [2.05, 4.69) is 29.2 Å². The van der Waals surface area contributed by atoms with Gasteiger partial charge in [0.15, 0.2) is 0 Å². The molecule has 0 spiro atoms. The summed E-state index contributed by atoms with van der Waals surface area (Å²) in [6.45, 7) is 0.906. The molecule has 2 heterocycles. The molecule has 1 unspecified atom stereocenters. The minimum absolute atomic E-state index is 0.433. The first-order valence-corrected chi connectivity index (χ1v) is 4.88. The van der Waals surface area contributed by atoms with Crippen LogP contribution in [0.1, 0.15) is 5.56 Å². The molecule has 2 aromatic rings. The molecule has 0 aliphatic carbocycles. The van der Waals surface area contributed by atoms with Gasteiger partial charge in [0, 0.05) is 18.0 Å². The van der Waals surface area contributed by atoms with Gasteiger partial charge in [-0.25, -0.2) is 0 Å². The van der Waals surface area contributed by atoms with E-state index in [1.165, 1.54) is 10.9 Å². The Kier molecular flexibility index (Phi) is 1.74. The fraction of sp³-hybridized carbons (Fsp3) is 0.250. The van der Waals surface area contributed by atoms with Crippen LogP contribution in [0.4, 0.5) is 0 Å². The Morgan fingerprint density at radius 2 is 2.14 bits per heavy atom. The predicted molar refractivity (Wildman–Crippen MR) is 55.2 cm³/mol. The van der Waals surface area contributed by atoms with Crippen LogP contribution in [0.5, 0.6) is 0 Å². The molecule has 70 valence electrons. The van der Waals surface area contributed by atoms with Crippen LogP contribution in [0.2, 0.25) is 0 Å². The molecule has 1 fully saturated rings. The summed E-state index contributed by atoms with van der Waals surface area (Å²) >= 11 is 0. The van der Waals surface area contributed by atoms with Crippen LogP contribution in [0.15, 0.2) is 36.5 Å². The second-order valence-electron chi connectivity index (χ2n) is 3.65. The fourth-order valence-corrected chi connectivity index (χ4v) is 1.76. The Balaban J connectivity index is 2.11. The lowest BCUT2D eigenvalue weighted by molar-refractivity contribution is 0.408. The molecule has 2 heteroatoms. The molecular formula is C12H11NO. The zero-order valence-electron chi connectivity index (χ0n) is 7.81. The lowest BCUT2D eigenvalue weighted by atomic mass is 10.1. The van der Waals surface area contributed by atoms with Crippen molar-refractivity contribution >= 4 is 10.9 Å². The van der Waals surface area contributed by atoms with E-state index in [9.17, 15) is 0 Å². The third-order valence-corrected chi connectivity index (χ3v) is 2.57. The van der Waals surface area contributed by atoms with Gasteiger partial charge in [0.25, 0.3) is 0 Å². The van der Waals surface area contributed by atoms with Crippen molar-refractivity contribution < 1.29 is 4.74 Å². The highest BCUT2D eigenvalue weighted by atomic mass is 16.6. The molecule has 14 heavy (non-hydrogen) atoms. The Morgan fingerprint density at radius 1 is 1.29 bits per heavy atom. The maximum absolute atomic E-state index is 5.23. The van der Waals surface area contributed by atoms with Gasteiger partial charge in [-0.1, -0.05) is 24.3 Å². The van der Waals surface area contributed by atoms with Gasteiger partial charge in [-0.05, 0) is 11.6 Å². The van der Waals surface area contributed by atoms with Crippen LogP contribution in [-0.2, 0) is 11.2 Å². The lowest BCUT2D eigenvalue weighted by Crippen LogP contribution is -1.95. The van der Waals surface area contributed by atoms with E-state index in [1.807, 2.05) is 12.3 Å². The van der Waals surface area contributed by atoms with Crippen LogP contribution >= 0.6 is 0 Å². The number of nitrogens with zero attached hydrogens (tertiary/aromatic N) is 1. The monoisotopic (exact) mass is 185 g/mol. The van der Waals surface area contributed by atoms with Gasteiger partial charge in [-0.15, -0.1) is 0 Å². The third-order valence-electron chi connectivity index (χ3n) is 2.57. The van der Waals surface area contributed by atoms with E-state index >= 15 is 0 Å². The van der Waals surface area contributed by atoms with E-state index in [0.29, 0.717) is 6.10 Å². The zero-order valence-corrected chi connectivity index (χ0v) is 7.81. The van der Waals surface area contributed by atoms with Gasteiger partial charge in [0.1, 0.15) is 0 Å². The molecule has 1 saturated heterocycles.